The number of halogens is 1. The highest BCUT2D eigenvalue weighted by Gasteiger charge is 2.12. The van der Waals surface area contributed by atoms with Gasteiger partial charge in [-0.2, -0.15) is 0 Å². The van der Waals surface area contributed by atoms with Crippen molar-refractivity contribution < 1.29 is 4.39 Å². The SMILES string of the molecule is CC.CC.CC(=N)c1c(F)cc(C)c(C)c1N. The van der Waals surface area contributed by atoms with Crippen LogP contribution in [-0.2, 0) is 0 Å². The highest BCUT2D eigenvalue weighted by molar-refractivity contribution is 6.01. The predicted octanol–water partition coefficient (Wildman–Crippen LogP) is 4.46. The molecule has 3 heteroatoms. The van der Waals surface area contributed by atoms with Crippen molar-refractivity contribution >= 4 is 11.4 Å². The average Bonchev–Trinajstić information content (AvgIpc) is 2.31. The molecule has 0 aliphatic heterocycles. The molecule has 1 rings (SSSR count). The number of nitrogens with one attached hydrogen (secondary N) is 1. The van der Waals surface area contributed by atoms with Gasteiger partial charge < -0.3 is 11.1 Å². The van der Waals surface area contributed by atoms with Gasteiger partial charge in [-0.15, -0.1) is 0 Å². The zero-order chi connectivity index (χ0) is 14.2. The second-order valence-electron chi connectivity index (χ2n) is 3.21. The van der Waals surface area contributed by atoms with Crippen molar-refractivity contribution in [3.63, 3.8) is 0 Å². The summed E-state index contributed by atoms with van der Waals surface area (Å²) in [4.78, 5) is 0. The van der Waals surface area contributed by atoms with Gasteiger partial charge in [0.1, 0.15) is 5.82 Å². The fraction of sp³-hybridized carbons (Fsp3) is 0.500. The fourth-order valence-electron chi connectivity index (χ4n) is 1.28. The minimum atomic E-state index is -0.409. The van der Waals surface area contributed by atoms with Crippen LogP contribution in [0.25, 0.3) is 0 Å². The van der Waals surface area contributed by atoms with Gasteiger partial charge in [0.25, 0.3) is 0 Å². The molecular weight excluding hydrogens is 215 g/mol. The van der Waals surface area contributed by atoms with E-state index >= 15 is 0 Å². The van der Waals surface area contributed by atoms with Gasteiger partial charge in [-0.25, -0.2) is 4.39 Å². The average molecular weight is 240 g/mol. The highest BCUT2D eigenvalue weighted by atomic mass is 19.1. The van der Waals surface area contributed by atoms with E-state index in [-0.39, 0.29) is 11.3 Å². The van der Waals surface area contributed by atoms with Gasteiger partial charge >= 0.3 is 0 Å². The third kappa shape index (κ3) is 4.55. The number of benzene rings is 1. The summed E-state index contributed by atoms with van der Waals surface area (Å²) in [5.74, 6) is -0.409. The summed E-state index contributed by atoms with van der Waals surface area (Å²) >= 11 is 0. The van der Waals surface area contributed by atoms with E-state index in [2.05, 4.69) is 0 Å². The van der Waals surface area contributed by atoms with E-state index in [1.54, 1.807) is 6.92 Å². The predicted molar refractivity (Wildman–Crippen MR) is 75.5 cm³/mol. The fourth-order valence-corrected chi connectivity index (χ4v) is 1.28. The molecule has 2 nitrogen and oxygen atoms in total. The molecule has 0 aliphatic rings. The van der Waals surface area contributed by atoms with E-state index in [1.807, 2.05) is 34.6 Å². The van der Waals surface area contributed by atoms with Crippen LogP contribution in [0, 0.1) is 25.1 Å². The van der Waals surface area contributed by atoms with Crippen LogP contribution in [-0.4, -0.2) is 5.71 Å². The molecule has 17 heavy (non-hydrogen) atoms. The third-order valence-electron chi connectivity index (χ3n) is 2.22. The largest absolute Gasteiger partial charge is 0.398 e. The zero-order valence-electron chi connectivity index (χ0n) is 12.0. The lowest BCUT2D eigenvalue weighted by atomic mass is 10.00. The van der Waals surface area contributed by atoms with Crippen molar-refractivity contribution in [2.75, 3.05) is 5.73 Å². The van der Waals surface area contributed by atoms with Crippen LogP contribution in [0.5, 0.6) is 0 Å². The summed E-state index contributed by atoms with van der Waals surface area (Å²) in [7, 11) is 0. The van der Waals surface area contributed by atoms with Crippen molar-refractivity contribution in [1.82, 2.24) is 0 Å². The van der Waals surface area contributed by atoms with Gasteiger partial charge in [-0.3, -0.25) is 0 Å². The first-order chi connectivity index (χ1) is 7.95. The molecule has 0 aromatic heterocycles. The quantitative estimate of drug-likeness (QED) is 0.552. The topological polar surface area (TPSA) is 49.9 Å². The van der Waals surface area contributed by atoms with Crippen LogP contribution in [0.1, 0.15) is 51.3 Å². The number of hydrogen-bond donors (Lipinski definition) is 2. The highest BCUT2D eigenvalue weighted by Crippen LogP contribution is 2.23. The molecule has 98 valence electrons. The van der Waals surface area contributed by atoms with Crippen LogP contribution in [0.15, 0.2) is 6.07 Å². The first kappa shape index (κ1) is 18.0. The summed E-state index contributed by atoms with van der Waals surface area (Å²) in [5.41, 5.74) is 8.14. The molecule has 0 atom stereocenters. The van der Waals surface area contributed by atoms with E-state index in [9.17, 15) is 4.39 Å². The molecule has 0 radical (unpaired) electrons. The number of aryl methyl sites for hydroxylation is 1. The number of hydrogen-bond acceptors (Lipinski definition) is 2. The van der Waals surface area contributed by atoms with Crippen molar-refractivity contribution in [3.8, 4) is 0 Å². The lowest BCUT2D eigenvalue weighted by molar-refractivity contribution is 0.624. The van der Waals surface area contributed by atoms with Gasteiger partial charge in [-0.1, -0.05) is 27.7 Å². The van der Waals surface area contributed by atoms with Gasteiger partial charge in [0.2, 0.25) is 0 Å². The lowest BCUT2D eigenvalue weighted by Crippen LogP contribution is -2.06. The normalized spacial score (nSPS) is 8.47. The van der Waals surface area contributed by atoms with Crippen molar-refractivity contribution in [2.24, 2.45) is 0 Å². The Balaban J connectivity index is 0. The van der Waals surface area contributed by atoms with E-state index in [0.29, 0.717) is 5.69 Å². The molecule has 0 bridgehead atoms. The number of nitrogens with two attached hydrogens (primary N) is 1. The summed E-state index contributed by atoms with van der Waals surface area (Å²) in [6.07, 6.45) is 0. The second-order valence-corrected chi connectivity index (χ2v) is 3.21. The Bertz CT molecular complexity index is 371. The monoisotopic (exact) mass is 240 g/mol. The maximum absolute atomic E-state index is 13.3. The molecule has 1 aromatic rings. The summed E-state index contributed by atoms with van der Waals surface area (Å²) in [6.45, 7) is 13.2. The van der Waals surface area contributed by atoms with Gasteiger partial charge in [-0.05, 0) is 38.0 Å². The van der Waals surface area contributed by atoms with E-state index < -0.39 is 5.82 Å². The standard InChI is InChI=1S/C10H13FN2.2C2H6/c1-5-4-8(11)9(7(3)12)10(13)6(5)2;2*1-2/h4,12H,13H2,1-3H3;2*1-2H3. The van der Waals surface area contributed by atoms with Gasteiger partial charge in [0.15, 0.2) is 0 Å². The summed E-state index contributed by atoms with van der Waals surface area (Å²) < 4.78 is 13.3. The lowest BCUT2D eigenvalue weighted by Gasteiger charge is -2.10. The molecule has 0 saturated carbocycles. The maximum Gasteiger partial charge on any atom is 0.134 e. The molecule has 1 aromatic carbocycles. The molecule has 0 fully saturated rings. The van der Waals surface area contributed by atoms with Crippen molar-refractivity contribution in [1.29, 1.82) is 5.41 Å². The second kappa shape index (κ2) is 8.74. The van der Waals surface area contributed by atoms with Crippen LogP contribution >= 0.6 is 0 Å². The van der Waals surface area contributed by atoms with Crippen LogP contribution in [0.2, 0.25) is 0 Å². The molecular formula is C14H25FN2. The molecule has 0 saturated heterocycles. The van der Waals surface area contributed by atoms with Crippen molar-refractivity contribution in [3.05, 3.63) is 28.6 Å². The molecule has 3 N–H and O–H groups in total. The number of nitrogen functional groups attached to an aromatic ring is 1. The Morgan fingerprint density at radius 1 is 1.18 bits per heavy atom. The smallest absolute Gasteiger partial charge is 0.134 e. The zero-order valence-corrected chi connectivity index (χ0v) is 12.0. The Kier molecular flexibility index (Phi) is 9.25. The van der Waals surface area contributed by atoms with E-state index in [1.165, 1.54) is 13.0 Å². The van der Waals surface area contributed by atoms with Crippen LogP contribution < -0.4 is 5.73 Å². The van der Waals surface area contributed by atoms with Gasteiger partial charge in [0.05, 0.1) is 5.56 Å². The molecule has 0 heterocycles. The summed E-state index contributed by atoms with van der Waals surface area (Å²) in [6, 6.07) is 1.42. The van der Waals surface area contributed by atoms with E-state index in [4.69, 9.17) is 11.1 Å². The Labute approximate surface area is 105 Å². The minimum Gasteiger partial charge on any atom is -0.398 e. The molecule has 0 spiro atoms. The first-order valence-corrected chi connectivity index (χ1v) is 6.06. The Morgan fingerprint density at radius 2 is 1.59 bits per heavy atom. The summed E-state index contributed by atoms with van der Waals surface area (Å²) in [5, 5.41) is 7.36. The molecule has 0 unspecified atom stereocenters. The molecule has 0 amide bonds. The van der Waals surface area contributed by atoms with Crippen LogP contribution in [0.3, 0.4) is 0 Å². The van der Waals surface area contributed by atoms with Crippen molar-refractivity contribution in [2.45, 2.75) is 48.5 Å². The minimum absolute atomic E-state index is 0.165. The number of rotatable bonds is 1. The maximum atomic E-state index is 13.3. The van der Waals surface area contributed by atoms with E-state index in [0.717, 1.165) is 11.1 Å². The Hall–Kier alpha value is -1.38. The Morgan fingerprint density at radius 3 is 1.94 bits per heavy atom. The molecule has 0 aliphatic carbocycles. The third-order valence-corrected chi connectivity index (χ3v) is 2.22. The number of anilines is 1. The first-order valence-electron chi connectivity index (χ1n) is 6.06. The van der Waals surface area contributed by atoms with Gasteiger partial charge in [0, 0.05) is 11.4 Å². The van der Waals surface area contributed by atoms with Crippen LogP contribution in [0.4, 0.5) is 10.1 Å².